The van der Waals surface area contributed by atoms with Crippen LogP contribution >= 0.6 is 0 Å². The minimum atomic E-state index is -0.246. The summed E-state index contributed by atoms with van der Waals surface area (Å²) in [5.41, 5.74) is 9.18. The van der Waals surface area contributed by atoms with E-state index in [2.05, 4.69) is 33.6 Å². The predicted octanol–water partition coefficient (Wildman–Crippen LogP) is 1.61. The topological polar surface area (TPSA) is 69.6 Å². The average Bonchev–Trinajstić information content (AvgIpc) is 2.86. The lowest BCUT2D eigenvalue weighted by Gasteiger charge is -2.16. The molecule has 5 heteroatoms. The van der Waals surface area contributed by atoms with E-state index in [4.69, 9.17) is 5.73 Å². The van der Waals surface area contributed by atoms with Crippen molar-refractivity contribution in [3.8, 4) is 0 Å². The molecule has 18 heavy (non-hydrogen) atoms. The highest BCUT2D eigenvalue weighted by Gasteiger charge is 2.18. The third kappa shape index (κ3) is 2.26. The number of imidazole rings is 1. The minimum absolute atomic E-state index is 0.246. The first-order valence-electron chi connectivity index (χ1n) is 6.27. The number of rotatable bonds is 4. The van der Waals surface area contributed by atoms with Crippen molar-refractivity contribution in [1.82, 2.24) is 19.7 Å². The van der Waals surface area contributed by atoms with Crippen molar-refractivity contribution in [2.45, 2.75) is 39.8 Å². The molecule has 2 aromatic heterocycles. The van der Waals surface area contributed by atoms with Gasteiger partial charge in [0.2, 0.25) is 0 Å². The van der Waals surface area contributed by atoms with Gasteiger partial charge in [-0.15, -0.1) is 0 Å². The molecule has 0 saturated carbocycles. The van der Waals surface area contributed by atoms with Crippen LogP contribution in [0.3, 0.4) is 0 Å². The van der Waals surface area contributed by atoms with E-state index in [1.165, 1.54) is 0 Å². The summed E-state index contributed by atoms with van der Waals surface area (Å²) in [7, 11) is 0. The Hall–Kier alpha value is -1.75. The zero-order chi connectivity index (χ0) is 13.1. The number of nitrogens with zero attached hydrogens (tertiary/aromatic N) is 4. The van der Waals surface area contributed by atoms with Gasteiger partial charge >= 0.3 is 0 Å². The summed E-state index contributed by atoms with van der Waals surface area (Å²) in [5, 5.41) is 8.30. The molecule has 96 valence electrons. The highest BCUT2D eigenvalue weighted by Crippen LogP contribution is 2.21. The van der Waals surface area contributed by atoms with Gasteiger partial charge in [0.15, 0.2) is 0 Å². The zero-order valence-corrected chi connectivity index (χ0v) is 11.1. The van der Waals surface area contributed by atoms with Gasteiger partial charge in [0.25, 0.3) is 0 Å². The predicted molar refractivity (Wildman–Crippen MR) is 70.1 cm³/mol. The van der Waals surface area contributed by atoms with Crippen LogP contribution in [0.2, 0.25) is 0 Å². The van der Waals surface area contributed by atoms with Crippen LogP contribution in [0.4, 0.5) is 0 Å². The molecule has 0 saturated heterocycles. The molecule has 0 radical (unpaired) electrons. The van der Waals surface area contributed by atoms with Gasteiger partial charge in [0.1, 0.15) is 5.82 Å². The van der Waals surface area contributed by atoms with Gasteiger partial charge in [-0.3, -0.25) is 0 Å². The van der Waals surface area contributed by atoms with Gasteiger partial charge in [-0.1, -0.05) is 6.92 Å². The molecular formula is C13H19N5. The SMILES string of the molecule is CCc1nnc(C)cc1C(N)c1nccn1CC. The summed E-state index contributed by atoms with van der Waals surface area (Å²) >= 11 is 0. The van der Waals surface area contributed by atoms with Crippen molar-refractivity contribution in [2.24, 2.45) is 5.73 Å². The van der Waals surface area contributed by atoms with Crippen LogP contribution in [0, 0.1) is 6.92 Å². The fraction of sp³-hybridized carbons (Fsp3) is 0.462. The molecule has 2 aromatic rings. The Morgan fingerprint density at radius 3 is 2.78 bits per heavy atom. The molecular weight excluding hydrogens is 226 g/mol. The van der Waals surface area contributed by atoms with Crippen molar-refractivity contribution < 1.29 is 0 Å². The molecule has 1 atom stereocenters. The smallest absolute Gasteiger partial charge is 0.130 e. The van der Waals surface area contributed by atoms with E-state index in [0.717, 1.165) is 35.7 Å². The second kappa shape index (κ2) is 5.27. The molecule has 2 N–H and O–H groups in total. The molecule has 0 amide bonds. The Balaban J connectivity index is 2.45. The van der Waals surface area contributed by atoms with Crippen LogP contribution in [0.15, 0.2) is 18.5 Å². The number of aryl methyl sites for hydroxylation is 3. The van der Waals surface area contributed by atoms with Crippen LogP contribution in [-0.4, -0.2) is 19.7 Å². The molecule has 0 aliphatic carbocycles. The van der Waals surface area contributed by atoms with Crippen molar-refractivity contribution in [2.75, 3.05) is 0 Å². The molecule has 0 aromatic carbocycles. The lowest BCUT2D eigenvalue weighted by atomic mass is 10.0. The standard InChI is InChI=1S/C13H19N5/c1-4-11-10(8-9(3)16-17-11)12(14)13-15-6-7-18(13)5-2/h6-8,12H,4-5,14H2,1-3H3. The zero-order valence-electron chi connectivity index (χ0n) is 11.1. The Labute approximate surface area is 107 Å². The van der Waals surface area contributed by atoms with Crippen LogP contribution < -0.4 is 5.73 Å². The highest BCUT2D eigenvalue weighted by molar-refractivity contribution is 5.29. The molecule has 0 aliphatic rings. The van der Waals surface area contributed by atoms with Gasteiger partial charge in [-0.25, -0.2) is 4.98 Å². The molecule has 5 nitrogen and oxygen atoms in total. The Morgan fingerprint density at radius 2 is 2.11 bits per heavy atom. The summed E-state index contributed by atoms with van der Waals surface area (Å²) in [6, 6.07) is 1.76. The Kier molecular flexibility index (Phi) is 3.72. The fourth-order valence-corrected chi connectivity index (χ4v) is 2.08. The Morgan fingerprint density at radius 1 is 1.33 bits per heavy atom. The summed E-state index contributed by atoms with van der Waals surface area (Å²) in [6.07, 6.45) is 4.55. The van der Waals surface area contributed by atoms with Crippen molar-refractivity contribution >= 4 is 0 Å². The number of aromatic nitrogens is 4. The minimum Gasteiger partial charge on any atom is -0.334 e. The van der Waals surface area contributed by atoms with Gasteiger partial charge in [0.05, 0.1) is 17.4 Å². The van der Waals surface area contributed by atoms with Gasteiger partial charge in [0, 0.05) is 24.5 Å². The van der Waals surface area contributed by atoms with E-state index in [1.807, 2.05) is 19.2 Å². The molecule has 2 rings (SSSR count). The summed E-state index contributed by atoms with van der Waals surface area (Å²) in [4.78, 5) is 4.36. The van der Waals surface area contributed by atoms with E-state index >= 15 is 0 Å². The summed E-state index contributed by atoms with van der Waals surface area (Å²) in [6.45, 7) is 6.92. The average molecular weight is 245 g/mol. The summed E-state index contributed by atoms with van der Waals surface area (Å²) < 4.78 is 2.06. The lowest BCUT2D eigenvalue weighted by Crippen LogP contribution is -2.20. The normalized spacial score (nSPS) is 12.7. The molecule has 0 bridgehead atoms. The monoisotopic (exact) mass is 245 g/mol. The Bertz CT molecular complexity index is 532. The maximum Gasteiger partial charge on any atom is 0.130 e. The first-order chi connectivity index (χ1) is 8.67. The molecule has 0 spiro atoms. The van der Waals surface area contributed by atoms with Crippen LogP contribution in [-0.2, 0) is 13.0 Å². The van der Waals surface area contributed by atoms with E-state index in [1.54, 1.807) is 6.20 Å². The molecule has 0 fully saturated rings. The van der Waals surface area contributed by atoms with Crippen molar-refractivity contribution in [3.05, 3.63) is 41.2 Å². The number of hydrogen-bond donors (Lipinski definition) is 1. The van der Waals surface area contributed by atoms with Crippen LogP contribution in [0.5, 0.6) is 0 Å². The van der Waals surface area contributed by atoms with Gasteiger partial charge in [-0.2, -0.15) is 10.2 Å². The largest absolute Gasteiger partial charge is 0.334 e. The third-order valence-electron chi connectivity index (χ3n) is 3.06. The molecule has 0 aliphatic heterocycles. The summed E-state index contributed by atoms with van der Waals surface area (Å²) in [5.74, 6) is 0.875. The lowest BCUT2D eigenvalue weighted by molar-refractivity contribution is 0.647. The quantitative estimate of drug-likeness (QED) is 0.888. The fourth-order valence-electron chi connectivity index (χ4n) is 2.08. The maximum atomic E-state index is 6.33. The van der Waals surface area contributed by atoms with E-state index in [9.17, 15) is 0 Å². The van der Waals surface area contributed by atoms with Crippen LogP contribution in [0.25, 0.3) is 0 Å². The number of hydrogen-bond acceptors (Lipinski definition) is 4. The highest BCUT2D eigenvalue weighted by atomic mass is 15.1. The first-order valence-corrected chi connectivity index (χ1v) is 6.27. The van der Waals surface area contributed by atoms with Crippen molar-refractivity contribution in [1.29, 1.82) is 0 Å². The van der Waals surface area contributed by atoms with Gasteiger partial charge in [-0.05, 0) is 26.3 Å². The molecule has 1 unspecified atom stereocenters. The first kappa shape index (κ1) is 12.7. The van der Waals surface area contributed by atoms with Crippen LogP contribution in [0.1, 0.15) is 42.7 Å². The number of nitrogens with two attached hydrogens (primary N) is 1. The third-order valence-corrected chi connectivity index (χ3v) is 3.06. The van der Waals surface area contributed by atoms with E-state index in [0.29, 0.717) is 0 Å². The second-order valence-electron chi connectivity index (χ2n) is 4.29. The second-order valence-corrected chi connectivity index (χ2v) is 4.29. The van der Waals surface area contributed by atoms with E-state index in [-0.39, 0.29) is 6.04 Å². The van der Waals surface area contributed by atoms with Crippen molar-refractivity contribution in [3.63, 3.8) is 0 Å². The molecule has 2 heterocycles. The van der Waals surface area contributed by atoms with Gasteiger partial charge < -0.3 is 10.3 Å². The van der Waals surface area contributed by atoms with E-state index < -0.39 is 0 Å². The maximum absolute atomic E-state index is 6.33.